The summed E-state index contributed by atoms with van der Waals surface area (Å²) in [5.74, 6) is 1.78. The number of carbonyl (C=O) groups is 2. The van der Waals surface area contributed by atoms with Crippen LogP contribution in [-0.2, 0) is 21.4 Å². The van der Waals surface area contributed by atoms with Crippen molar-refractivity contribution in [1.29, 1.82) is 0 Å². The molecule has 5 rings (SSSR count). The van der Waals surface area contributed by atoms with Gasteiger partial charge in [0, 0.05) is 37.6 Å². The van der Waals surface area contributed by atoms with E-state index in [0.717, 1.165) is 61.8 Å². The van der Waals surface area contributed by atoms with Gasteiger partial charge in [0.2, 0.25) is 0 Å². The summed E-state index contributed by atoms with van der Waals surface area (Å²) in [6.45, 7) is 8.19. The molecule has 4 aliphatic carbocycles. The summed E-state index contributed by atoms with van der Waals surface area (Å²) in [5.41, 5.74) is 4.47. The van der Waals surface area contributed by atoms with Crippen LogP contribution in [0.4, 0.5) is 0 Å². The molecule has 0 saturated heterocycles. The molecule has 172 valence electrons. The number of hydrogen-bond acceptors (Lipinski definition) is 4. The molecule has 0 amide bonds. The standard InChI is InChI=1S/C27H36N2O3/c1-16-19(15-29(5)28-16)12-18-13-24-22-7-6-20-14-21(32-17(2)30)8-10-26(20,3)23(22)9-11-27(24,4)25(18)31/h6,12,15,21-24H,7-11,13-14H2,1-5H3/t21-,22+,23-,24-,26-,27-/m0/s1. The van der Waals surface area contributed by atoms with Gasteiger partial charge in [-0.1, -0.05) is 25.5 Å². The van der Waals surface area contributed by atoms with Crippen molar-refractivity contribution in [2.24, 2.45) is 35.6 Å². The van der Waals surface area contributed by atoms with E-state index in [0.29, 0.717) is 23.5 Å². The van der Waals surface area contributed by atoms with Crippen molar-refractivity contribution in [2.75, 3.05) is 0 Å². The highest BCUT2D eigenvalue weighted by molar-refractivity contribution is 6.06. The van der Waals surface area contributed by atoms with Gasteiger partial charge in [-0.3, -0.25) is 14.3 Å². The van der Waals surface area contributed by atoms with Crippen LogP contribution >= 0.6 is 0 Å². The number of esters is 1. The van der Waals surface area contributed by atoms with Crippen LogP contribution in [0.25, 0.3) is 6.08 Å². The molecular weight excluding hydrogens is 400 g/mol. The molecule has 0 N–H and O–H groups in total. The van der Waals surface area contributed by atoms with E-state index in [1.807, 2.05) is 24.9 Å². The molecule has 0 aromatic carbocycles. The Morgan fingerprint density at radius 3 is 2.62 bits per heavy atom. The van der Waals surface area contributed by atoms with Gasteiger partial charge in [-0.15, -0.1) is 0 Å². The van der Waals surface area contributed by atoms with Crippen LogP contribution in [0.1, 0.15) is 77.0 Å². The van der Waals surface area contributed by atoms with Gasteiger partial charge in [0.25, 0.3) is 0 Å². The van der Waals surface area contributed by atoms with Crippen molar-refractivity contribution in [3.8, 4) is 0 Å². The zero-order valence-corrected chi connectivity index (χ0v) is 20.1. The number of aromatic nitrogens is 2. The molecule has 5 heteroatoms. The Morgan fingerprint density at radius 2 is 1.94 bits per heavy atom. The second-order valence-corrected chi connectivity index (χ2v) is 11.2. The smallest absolute Gasteiger partial charge is 0.302 e. The van der Waals surface area contributed by atoms with Gasteiger partial charge in [-0.2, -0.15) is 5.10 Å². The number of hydrogen-bond donors (Lipinski definition) is 0. The maximum absolute atomic E-state index is 13.6. The predicted molar refractivity (Wildman–Crippen MR) is 124 cm³/mol. The number of nitrogens with zero attached hydrogens (tertiary/aromatic N) is 2. The topological polar surface area (TPSA) is 61.2 Å². The van der Waals surface area contributed by atoms with Gasteiger partial charge in [0.05, 0.1) is 5.69 Å². The van der Waals surface area contributed by atoms with E-state index < -0.39 is 0 Å². The maximum atomic E-state index is 13.6. The Kier molecular flexibility index (Phi) is 5.03. The van der Waals surface area contributed by atoms with Gasteiger partial charge in [0.15, 0.2) is 5.78 Å². The molecule has 6 atom stereocenters. The number of ketones is 1. The van der Waals surface area contributed by atoms with E-state index in [1.54, 1.807) is 0 Å². The molecule has 0 unspecified atom stereocenters. The lowest BCUT2D eigenvalue weighted by atomic mass is 9.48. The van der Waals surface area contributed by atoms with Crippen LogP contribution in [0.3, 0.4) is 0 Å². The first-order chi connectivity index (χ1) is 15.1. The third-order valence-corrected chi connectivity index (χ3v) is 9.41. The van der Waals surface area contributed by atoms with E-state index in [1.165, 1.54) is 12.5 Å². The van der Waals surface area contributed by atoms with Gasteiger partial charge in [0.1, 0.15) is 6.10 Å². The van der Waals surface area contributed by atoms with E-state index in [9.17, 15) is 9.59 Å². The normalized spacial score (nSPS) is 39.8. The number of ether oxygens (including phenoxy) is 1. The van der Waals surface area contributed by atoms with Crippen LogP contribution < -0.4 is 0 Å². The quantitative estimate of drug-likeness (QED) is 0.364. The highest BCUT2D eigenvalue weighted by Crippen LogP contribution is 2.64. The second-order valence-electron chi connectivity index (χ2n) is 11.2. The van der Waals surface area contributed by atoms with Crippen LogP contribution in [0.2, 0.25) is 0 Å². The highest BCUT2D eigenvalue weighted by Gasteiger charge is 2.60. The molecule has 0 bridgehead atoms. The molecule has 5 nitrogen and oxygen atoms in total. The molecular formula is C27H36N2O3. The Hall–Kier alpha value is -2.17. The van der Waals surface area contributed by atoms with Crippen molar-refractivity contribution in [3.63, 3.8) is 0 Å². The van der Waals surface area contributed by atoms with Crippen LogP contribution in [0.15, 0.2) is 23.4 Å². The number of rotatable bonds is 2. The van der Waals surface area contributed by atoms with Crippen LogP contribution in [0.5, 0.6) is 0 Å². The number of allylic oxidation sites excluding steroid dienone is 2. The predicted octanol–water partition coefficient (Wildman–Crippen LogP) is 5.19. The Labute approximate surface area is 191 Å². The second kappa shape index (κ2) is 7.43. The lowest BCUT2D eigenvalue weighted by Crippen LogP contribution is -2.50. The molecule has 4 aliphatic rings. The SMILES string of the molecule is CC(=O)O[C@H]1CC[C@@]2(C)C(=CC[C@@H]3[C@@H]2CC[C@]2(C)C(=O)C(=Cc4cn(C)nc4C)C[C@@H]32)C1. The molecule has 1 heterocycles. The van der Waals surface area contributed by atoms with Crippen molar-refractivity contribution in [1.82, 2.24) is 9.78 Å². The summed E-state index contributed by atoms with van der Waals surface area (Å²) in [6.07, 6.45) is 13.5. The third-order valence-electron chi connectivity index (χ3n) is 9.41. The summed E-state index contributed by atoms with van der Waals surface area (Å²) in [6, 6.07) is 0. The summed E-state index contributed by atoms with van der Waals surface area (Å²) in [7, 11) is 1.93. The number of carbonyl (C=O) groups excluding carboxylic acids is 2. The largest absolute Gasteiger partial charge is 0.462 e. The first kappa shape index (κ1) is 21.7. The van der Waals surface area contributed by atoms with Gasteiger partial charge < -0.3 is 4.74 Å². The molecule has 0 aliphatic heterocycles. The van der Waals surface area contributed by atoms with E-state index in [-0.39, 0.29) is 22.9 Å². The zero-order chi connectivity index (χ0) is 22.8. The molecule has 3 saturated carbocycles. The summed E-state index contributed by atoms with van der Waals surface area (Å²) in [5, 5.41) is 4.45. The van der Waals surface area contributed by atoms with Crippen molar-refractivity contribution >= 4 is 17.8 Å². The summed E-state index contributed by atoms with van der Waals surface area (Å²) < 4.78 is 7.39. The third kappa shape index (κ3) is 3.22. The number of Topliss-reactive ketones (excluding diaryl/α,β-unsaturated/α-hetero) is 1. The number of aryl methyl sites for hydroxylation is 2. The van der Waals surface area contributed by atoms with E-state index >= 15 is 0 Å². The van der Waals surface area contributed by atoms with E-state index in [2.05, 4.69) is 31.1 Å². The number of fused-ring (bicyclic) bond motifs is 5. The molecule has 0 radical (unpaired) electrons. The van der Waals surface area contributed by atoms with Crippen LogP contribution in [-0.4, -0.2) is 27.6 Å². The first-order valence-corrected chi connectivity index (χ1v) is 12.2. The average molecular weight is 437 g/mol. The Balaban J connectivity index is 1.43. The highest BCUT2D eigenvalue weighted by atomic mass is 16.5. The fourth-order valence-corrected chi connectivity index (χ4v) is 7.71. The van der Waals surface area contributed by atoms with Gasteiger partial charge in [-0.25, -0.2) is 0 Å². The minimum atomic E-state index is -0.236. The lowest BCUT2D eigenvalue weighted by molar-refractivity contribution is -0.148. The van der Waals surface area contributed by atoms with E-state index in [4.69, 9.17) is 4.74 Å². The Bertz CT molecular complexity index is 1030. The monoisotopic (exact) mass is 436 g/mol. The minimum absolute atomic E-state index is 0.0301. The summed E-state index contributed by atoms with van der Waals surface area (Å²) in [4.78, 5) is 25.1. The molecule has 0 spiro atoms. The fraction of sp³-hybridized carbons (Fsp3) is 0.667. The van der Waals surface area contributed by atoms with Crippen LogP contribution in [0, 0.1) is 35.5 Å². The molecule has 1 aromatic heterocycles. The summed E-state index contributed by atoms with van der Waals surface area (Å²) >= 11 is 0. The fourth-order valence-electron chi connectivity index (χ4n) is 7.71. The molecule has 1 aromatic rings. The maximum Gasteiger partial charge on any atom is 0.302 e. The lowest BCUT2D eigenvalue weighted by Gasteiger charge is -2.56. The van der Waals surface area contributed by atoms with Crippen molar-refractivity contribution < 1.29 is 14.3 Å². The minimum Gasteiger partial charge on any atom is -0.462 e. The molecule has 3 fully saturated rings. The van der Waals surface area contributed by atoms with Gasteiger partial charge in [-0.05, 0) is 80.3 Å². The Morgan fingerprint density at radius 1 is 1.19 bits per heavy atom. The average Bonchev–Trinajstić information content (AvgIpc) is 3.17. The molecule has 32 heavy (non-hydrogen) atoms. The van der Waals surface area contributed by atoms with Crippen molar-refractivity contribution in [3.05, 3.63) is 34.7 Å². The zero-order valence-electron chi connectivity index (χ0n) is 20.1. The van der Waals surface area contributed by atoms with Crippen molar-refractivity contribution in [2.45, 2.75) is 78.7 Å². The first-order valence-electron chi connectivity index (χ1n) is 12.2. The van der Waals surface area contributed by atoms with Gasteiger partial charge >= 0.3 is 5.97 Å².